The molecule has 4 aliphatic heterocycles. The Labute approximate surface area is 843 Å². The minimum absolute atomic E-state index is 0.00832. The van der Waals surface area contributed by atoms with E-state index >= 15 is 0 Å². The number of hydrogen-bond donors (Lipinski definition) is 0. The molecular weight excluding hydrogens is 1950 g/mol. The van der Waals surface area contributed by atoms with Gasteiger partial charge in [0.05, 0.1) is 79.5 Å². The molecule has 0 bridgehead atoms. The number of benzene rings is 17. The standard InChI is InChI=1S/C23H32IO4.C21H17O2S.C20H17OS.C19H12NOS.C19H15OS.C18H12ClS2/c1-5-6-7-8-9-10-15-28-19-13-11-18(12-14-19)24-23-21(26-3)16-20(25-2)17-22(23)27-4;1-23-21(22)15-10-12-18(13-11-15)24-19-8-4-2-6-16(19)14-17-7-3-5-9-20(17)24;1-2-21-15-11-13-16(14-12-15)22-19-9-5-3-7-17(19)18-8-4-6-10-20(18)22;20-13-14-9-11-15(12-10-14)22-18-7-3-1-5-16(18)21-17-6-2-4-8-19(17)22;1-14-10-12-15(13-11-14)21-18-8-4-2-6-16(18)20-17-7-3-5-9-19(17)21;19-13-9-11-14(12-10-13)21-17-7-3-1-5-15(17)20-16-6-2-4-8-18(16)21/h11-14,16-17H,5-10,15H2,1-4H3;2-13H,14H2,1H3;3-14H,2H2,1H3;1-12H;2-13H,1H3;1-12H/q6*+1. The van der Waals surface area contributed by atoms with E-state index in [0.717, 1.165) is 79.8 Å². The molecular formula is C120H105ClINO9S6+6. The van der Waals surface area contributed by atoms with Crippen molar-refractivity contribution in [1.29, 1.82) is 5.26 Å². The number of thiophene rings is 1. The Morgan fingerprint density at radius 2 is 0.775 bits per heavy atom. The molecule has 688 valence electrons. The van der Waals surface area contributed by atoms with E-state index in [1.165, 1.54) is 153 Å². The number of rotatable bonds is 21. The first-order valence-corrected chi connectivity index (χ1v) is 55.4. The molecule has 22 rings (SSSR count). The lowest BCUT2D eigenvalue weighted by Crippen LogP contribution is -3.61. The van der Waals surface area contributed by atoms with Crippen LogP contribution in [0.4, 0.5) is 0 Å². The summed E-state index contributed by atoms with van der Waals surface area (Å²) in [5.41, 5.74) is 5.33. The Morgan fingerprint density at radius 1 is 0.391 bits per heavy atom. The van der Waals surface area contributed by atoms with E-state index in [4.69, 9.17) is 54.8 Å². The summed E-state index contributed by atoms with van der Waals surface area (Å²) in [6.07, 6.45) is 8.64. The van der Waals surface area contributed by atoms with E-state index < -0.39 is 21.2 Å². The van der Waals surface area contributed by atoms with E-state index in [1.54, 1.807) is 21.3 Å². The zero-order valence-corrected chi connectivity index (χ0v) is 85.6. The summed E-state index contributed by atoms with van der Waals surface area (Å²) in [6, 6.07) is 141. The van der Waals surface area contributed by atoms with E-state index in [9.17, 15) is 4.79 Å². The molecule has 18 heteroatoms. The average molecular weight is 2060 g/mol. The summed E-state index contributed by atoms with van der Waals surface area (Å²) in [7, 11) is 5.94. The quantitative estimate of drug-likeness (QED) is 0.0296. The van der Waals surface area contributed by atoms with Crippen molar-refractivity contribution < 1.29 is 63.9 Å². The minimum atomic E-state index is -0.445. The fourth-order valence-corrected chi connectivity index (χ4v) is 32.2. The van der Waals surface area contributed by atoms with Crippen LogP contribution in [-0.4, -0.2) is 47.6 Å². The lowest BCUT2D eigenvalue weighted by molar-refractivity contribution is -0.598. The van der Waals surface area contributed by atoms with Crippen LogP contribution in [0.3, 0.4) is 0 Å². The molecule has 0 radical (unpaired) electrons. The van der Waals surface area contributed by atoms with Crippen molar-refractivity contribution in [1.82, 2.24) is 0 Å². The number of carbonyl (C=O) groups excluding carboxylic acids is 1. The van der Waals surface area contributed by atoms with Gasteiger partial charge in [-0.3, -0.25) is 0 Å². The molecule has 5 heterocycles. The molecule has 0 unspecified atom stereocenters. The van der Waals surface area contributed by atoms with E-state index in [2.05, 4.69) is 299 Å². The summed E-state index contributed by atoms with van der Waals surface area (Å²) >= 11 is 7.47. The maximum Gasteiger partial charge on any atom is 0.366 e. The van der Waals surface area contributed by atoms with Crippen LogP contribution in [0.5, 0.6) is 51.7 Å². The Bertz CT molecular complexity index is 6840. The Balaban J connectivity index is 0.000000115. The molecule has 0 saturated carbocycles. The van der Waals surface area contributed by atoms with Gasteiger partial charge < -0.3 is 37.9 Å². The number of fused-ring (bicyclic) bond motifs is 11. The average Bonchev–Trinajstić information content (AvgIpc) is 1.45. The van der Waals surface area contributed by atoms with Crippen molar-refractivity contribution >= 4 is 104 Å². The molecule has 17 aromatic carbocycles. The second-order valence-corrected chi connectivity index (χ2v) is 46.4. The first kappa shape index (κ1) is 97.0. The normalized spacial score (nSPS) is 12.3. The van der Waals surface area contributed by atoms with E-state index in [0.29, 0.717) is 17.7 Å². The zero-order valence-electron chi connectivity index (χ0n) is 77.8. The molecule has 10 nitrogen and oxygen atoms in total. The third-order valence-corrected chi connectivity index (χ3v) is 39.5. The number of aryl methyl sites for hydroxylation is 1. The monoisotopic (exact) mass is 2060 g/mol. The smallest absolute Gasteiger partial charge is 0.366 e. The number of methoxy groups -OCH3 is 4. The molecule has 0 spiro atoms. The van der Waals surface area contributed by atoms with Gasteiger partial charge in [-0.25, -0.2) is 4.79 Å². The highest BCUT2D eigenvalue weighted by Gasteiger charge is 2.43. The molecule has 0 saturated heterocycles. The van der Waals surface area contributed by atoms with Gasteiger partial charge in [-0.05, 0) is 251 Å². The second-order valence-electron chi connectivity index (χ2n) is 32.2. The van der Waals surface area contributed by atoms with Crippen molar-refractivity contribution in [3.8, 4) is 62.7 Å². The zero-order chi connectivity index (χ0) is 95.1. The topological polar surface area (TPSA) is 115 Å². The number of halogens is 2. The maximum atomic E-state index is 11.7. The van der Waals surface area contributed by atoms with Crippen LogP contribution < -0.4 is 54.4 Å². The van der Waals surface area contributed by atoms with Crippen molar-refractivity contribution in [2.75, 3.05) is 41.7 Å². The van der Waals surface area contributed by atoms with Crippen molar-refractivity contribution in [3.63, 3.8) is 0 Å². The summed E-state index contributed by atoms with van der Waals surface area (Å²) in [5.74, 6) is 7.71. The highest BCUT2D eigenvalue weighted by molar-refractivity contribution is 8.04. The number of para-hydroxylation sites is 4. The van der Waals surface area contributed by atoms with Gasteiger partial charge in [-0.15, -0.1) is 0 Å². The number of unbranched alkanes of at least 4 members (excludes halogenated alkanes) is 5. The van der Waals surface area contributed by atoms with Crippen LogP contribution in [0.25, 0.3) is 25.1 Å². The largest absolute Gasteiger partial charge is 0.496 e. The van der Waals surface area contributed by atoms with Gasteiger partial charge in [0, 0.05) is 68.1 Å². The van der Waals surface area contributed by atoms with Gasteiger partial charge in [0.2, 0.25) is 19.6 Å². The van der Waals surface area contributed by atoms with Crippen LogP contribution in [0.1, 0.15) is 85.0 Å². The van der Waals surface area contributed by atoms with E-state index in [-0.39, 0.29) is 60.0 Å². The van der Waals surface area contributed by atoms with Crippen LogP contribution in [0.2, 0.25) is 5.02 Å². The first-order valence-electron chi connectivity index (χ1n) is 45.9. The Kier molecular flexibility index (Phi) is 33.4. The molecule has 18 aromatic rings. The Hall–Kier alpha value is -12.7. The fourth-order valence-electron chi connectivity index (χ4n) is 16.5. The van der Waals surface area contributed by atoms with Gasteiger partial charge >= 0.3 is 27.2 Å². The second kappa shape index (κ2) is 47.6. The highest BCUT2D eigenvalue weighted by Crippen LogP contribution is 2.53. The molecule has 138 heavy (non-hydrogen) atoms. The van der Waals surface area contributed by atoms with E-state index in [1.807, 2.05) is 140 Å². The van der Waals surface area contributed by atoms with Gasteiger partial charge in [-0.1, -0.05) is 214 Å². The summed E-state index contributed by atoms with van der Waals surface area (Å²) < 4.78 is 50.1. The fraction of sp³-hybridized carbons (Fsp3) is 0.133. The third kappa shape index (κ3) is 23.0. The van der Waals surface area contributed by atoms with Gasteiger partial charge in [0.25, 0.3) is 3.57 Å². The van der Waals surface area contributed by atoms with Gasteiger partial charge in [0.15, 0.2) is 91.5 Å². The van der Waals surface area contributed by atoms with Crippen LogP contribution in [-0.2, 0) is 54.7 Å². The van der Waals surface area contributed by atoms with Crippen molar-refractivity contribution in [2.24, 2.45) is 0 Å². The summed E-state index contributed by atoms with van der Waals surface area (Å²) in [6.45, 7) is 7.88. The predicted molar refractivity (Wildman–Crippen MR) is 564 cm³/mol. The lowest BCUT2D eigenvalue weighted by Gasteiger charge is -2.19. The van der Waals surface area contributed by atoms with Crippen molar-refractivity contribution in [2.45, 2.75) is 134 Å². The number of ether oxygens (including phenoxy) is 8. The number of hydrogen-bond acceptors (Lipinski definition) is 11. The third-order valence-electron chi connectivity index (χ3n) is 23.2. The number of nitrogens with zero attached hydrogens (tertiary/aromatic N) is 1. The lowest BCUT2D eigenvalue weighted by atomic mass is 10.0. The molecule has 4 aliphatic rings. The molecule has 0 atom stereocenters. The molecule has 0 N–H and O–H groups in total. The van der Waals surface area contributed by atoms with Crippen LogP contribution >= 0.6 is 33.8 Å². The van der Waals surface area contributed by atoms with Crippen LogP contribution in [0, 0.1) is 25.4 Å². The van der Waals surface area contributed by atoms with Gasteiger partial charge in [-0.2, -0.15) is 5.26 Å². The molecule has 1 aromatic heterocycles. The SMILES string of the molecule is CCCCCCCCOc1ccc([I+]c2c(OC)cc(OC)cc2OC)cc1.CCOc1ccc(-[s+]2c3ccccc3c3ccccc32)cc1.COC(=O)c1ccc([S+]2c3ccccc3Cc3ccccc32)cc1.Cc1ccc([S+]2c3ccccc3Oc3ccccc32)cc1.Clc1ccc([S+]2c3ccccc3Sc3ccccc32)cc1.N#Cc1ccc([S+]2c3ccccc3Oc3ccccc32)cc1. The van der Waals surface area contributed by atoms with Crippen LogP contribution in [0.15, 0.2) is 469 Å². The maximum absolute atomic E-state index is 11.7. The number of carbonyl (C=O) groups is 1. The first-order chi connectivity index (χ1) is 67.9. The summed E-state index contributed by atoms with van der Waals surface area (Å²) in [4.78, 5) is 31.3. The molecule has 0 fully saturated rings. The molecule has 0 amide bonds. The van der Waals surface area contributed by atoms with Gasteiger partial charge in [0.1, 0.15) is 49.9 Å². The number of nitriles is 1. The predicted octanol–water partition coefficient (Wildman–Crippen LogP) is 29.0. The molecule has 0 aliphatic carbocycles. The van der Waals surface area contributed by atoms with Crippen molar-refractivity contribution in [3.05, 3.63) is 440 Å². The highest BCUT2D eigenvalue weighted by atomic mass is 127. The Morgan fingerprint density at radius 3 is 1.24 bits per heavy atom. The summed E-state index contributed by atoms with van der Waals surface area (Å²) in [5, 5.41) is 12.5. The minimum Gasteiger partial charge on any atom is -0.496 e. The number of esters is 1.